The first-order valence-corrected chi connectivity index (χ1v) is 8.19. The van der Waals surface area contributed by atoms with Gasteiger partial charge >= 0.3 is 0 Å². The number of hydrogen-bond donors (Lipinski definition) is 0. The maximum Gasteiger partial charge on any atom is 0.229 e. The number of hydrogen-bond acceptors (Lipinski definition) is 4. The predicted molar refractivity (Wildman–Crippen MR) is 77.5 cm³/mol. The Labute approximate surface area is 131 Å². The van der Waals surface area contributed by atoms with Crippen molar-refractivity contribution in [2.75, 3.05) is 13.1 Å². The summed E-state index contributed by atoms with van der Waals surface area (Å²) in [6.45, 7) is 6.86. The minimum Gasteiger partial charge on any atom is -0.550 e. The Morgan fingerprint density at radius 1 is 1.23 bits per heavy atom. The van der Waals surface area contributed by atoms with E-state index in [4.69, 9.17) is 0 Å². The molecule has 1 amide bonds. The van der Waals surface area contributed by atoms with Crippen molar-refractivity contribution >= 4 is 17.7 Å². The lowest BCUT2D eigenvalue weighted by molar-refractivity contribution is -0.312. The number of carboxylic acids is 1. The molecule has 3 aliphatic rings. The fraction of sp³-hybridized carbons (Fsp3) is 0.824. The Kier molecular flexibility index (Phi) is 3.21. The van der Waals surface area contributed by atoms with Gasteiger partial charge in [0.2, 0.25) is 5.91 Å². The summed E-state index contributed by atoms with van der Waals surface area (Å²) < 4.78 is 0. The van der Waals surface area contributed by atoms with Crippen LogP contribution in [0.5, 0.6) is 0 Å². The first-order valence-electron chi connectivity index (χ1n) is 8.19. The van der Waals surface area contributed by atoms with E-state index in [1.807, 2.05) is 20.8 Å². The zero-order valence-electron chi connectivity index (χ0n) is 13.6. The molecule has 0 unspecified atom stereocenters. The lowest BCUT2D eigenvalue weighted by Crippen LogP contribution is -2.53. The number of fused-ring (bicyclic) bond motifs is 2. The van der Waals surface area contributed by atoms with Crippen molar-refractivity contribution in [1.29, 1.82) is 0 Å². The van der Waals surface area contributed by atoms with Crippen molar-refractivity contribution in [2.45, 2.75) is 52.9 Å². The summed E-state index contributed by atoms with van der Waals surface area (Å²) in [5.41, 5.74) is -1.44. The van der Waals surface area contributed by atoms with E-state index in [0.29, 0.717) is 25.8 Å². The van der Waals surface area contributed by atoms with Gasteiger partial charge in [-0.25, -0.2) is 0 Å². The molecule has 1 heterocycles. The number of carbonyl (C=O) groups excluding carboxylic acids is 3. The van der Waals surface area contributed by atoms with Gasteiger partial charge in [0.15, 0.2) is 0 Å². The third kappa shape index (κ3) is 1.68. The molecule has 22 heavy (non-hydrogen) atoms. The van der Waals surface area contributed by atoms with Gasteiger partial charge in [-0.15, -0.1) is 0 Å². The summed E-state index contributed by atoms with van der Waals surface area (Å²) in [5.74, 6) is -1.49. The molecule has 0 N–H and O–H groups in total. The fourth-order valence-corrected chi connectivity index (χ4v) is 4.99. The number of rotatable bonds is 2. The largest absolute Gasteiger partial charge is 0.550 e. The molecule has 1 saturated heterocycles. The van der Waals surface area contributed by atoms with Crippen LogP contribution in [0.15, 0.2) is 0 Å². The van der Waals surface area contributed by atoms with Crippen molar-refractivity contribution in [3.8, 4) is 0 Å². The average Bonchev–Trinajstić information content (AvgIpc) is 2.77. The van der Waals surface area contributed by atoms with Crippen molar-refractivity contribution in [3.63, 3.8) is 0 Å². The highest BCUT2D eigenvalue weighted by Gasteiger charge is 2.73. The number of piperidine rings is 1. The SMILES string of the molecule is CC1(C)[C@@]2(C(=O)N3CCC[C@@H](C(=O)[O-])C3)CC[C@]1(C)C(=O)C2. The second-order valence-corrected chi connectivity index (χ2v) is 8.05. The predicted octanol–water partition coefficient (Wildman–Crippen LogP) is 0.760. The molecule has 0 radical (unpaired) electrons. The van der Waals surface area contributed by atoms with Crippen molar-refractivity contribution in [2.24, 2.45) is 22.2 Å². The van der Waals surface area contributed by atoms with Gasteiger partial charge in [0, 0.05) is 36.8 Å². The second kappa shape index (κ2) is 4.56. The van der Waals surface area contributed by atoms with E-state index < -0.39 is 22.7 Å². The highest BCUT2D eigenvalue weighted by Crippen LogP contribution is 2.71. The van der Waals surface area contributed by atoms with Crippen LogP contribution in [0.2, 0.25) is 0 Å². The number of carbonyl (C=O) groups is 3. The van der Waals surface area contributed by atoms with Gasteiger partial charge in [-0.3, -0.25) is 9.59 Å². The van der Waals surface area contributed by atoms with Crippen LogP contribution in [0.4, 0.5) is 0 Å². The van der Waals surface area contributed by atoms with Crippen LogP contribution in [0.25, 0.3) is 0 Å². The Morgan fingerprint density at radius 3 is 2.41 bits per heavy atom. The Balaban J connectivity index is 1.89. The number of carboxylic acid groups (broad SMARTS) is 1. The van der Waals surface area contributed by atoms with Crippen LogP contribution >= 0.6 is 0 Å². The molecule has 0 aromatic heterocycles. The van der Waals surface area contributed by atoms with E-state index in [1.165, 1.54) is 0 Å². The quantitative estimate of drug-likeness (QED) is 0.754. The monoisotopic (exact) mass is 306 g/mol. The Morgan fingerprint density at radius 2 is 1.91 bits per heavy atom. The van der Waals surface area contributed by atoms with Gasteiger partial charge in [-0.2, -0.15) is 0 Å². The minimum atomic E-state index is -1.08. The van der Waals surface area contributed by atoms with E-state index >= 15 is 0 Å². The summed E-state index contributed by atoms with van der Waals surface area (Å²) in [4.78, 5) is 38.5. The third-order valence-electron chi connectivity index (χ3n) is 7.16. The van der Waals surface area contributed by atoms with Crippen LogP contribution in [0.3, 0.4) is 0 Å². The molecular weight excluding hydrogens is 282 g/mol. The molecule has 2 bridgehead atoms. The van der Waals surface area contributed by atoms with E-state index in [1.54, 1.807) is 4.90 Å². The number of amides is 1. The van der Waals surface area contributed by atoms with Gasteiger partial charge in [0.1, 0.15) is 5.78 Å². The maximum absolute atomic E-state index is 13.2. The molecule has 0 aromatic rings. The number of ketones is 1. The molecular formula is C17H24NO4-. The van der Waals surface area contributed by atoms with Crippen LogP contribution in [0, 0.1) is 22.2 Å². The molecule has 5 nitrogen and oxygen atoms in total. The van der Waals surface area contributed by atoms with E-state index in [-0.39, 0.29) is 23.7 Å². The summed E-state index contributed by atoms with van der Waals surface area (Å²) >= 11 is 0. The second-order valence-electron chi connectivity index (χ2n) is 8.05. The van der Waals surface area contributed by atoms with E-state index in [9.17, 15) is 19.5 Å². The van der Waals surface area contributed by atoms with Gasteiger partial charge in [-0.1, -0.05) is 20.8 Å². The van der Waals surface area contributed by atoms with Crippen LogP contribution in [-0.2, 0) is 14.4 Å². The lowest BCUT2D eigenvalue weighted by atomic mass is 9.64. The van der Waals surface area contributed by atoms with E-state index in [0.717, 1.165) is 12.8 Å². The number of aliphatic carboxylic acids is 1. The van der Waals surface area contributed by atoms with Crippen LogP contribution in [0.1, 0.15) is 52.9 Å². The number of likely N-dealkylation sites (tertiary alicyclic amines) is 1. The molecule has 5 heteroatoms. The van der Waals surface area contributed by atoms with Gasteiger partial charge in [-0.05, 0) is 31.1 Å². The van der Waals surface area contributed by atoms with Crippen molar-refractivity contribution in [1.82, 2.24) is 4.90 Å². The summed E-state index contributed by atoms with van der Waals surface area (Å²) in [5, 5.41) is 11.1. The van der Waals surface area contributed by atoms with Crippen molar-refractivity contribution in [3.05, 3.63) is 0 Å². The highest BCUT2D eigenvalue weighted by molar-refractivity contribution is 5.99. The summed E-state index contributed by atoms with van der Waals surface area (Å²) in [7, 11) is 0. The maximum atomic E-state index is 13.2. The molecule has 3 rings (SSSR count). The number of Topliss-reactive ketones (excluding diaryl/α,β-unsaturated/α-hetero) is 1. The molecule has 2 aliphatic carbocycles. The topological polar surface area (TPSA) is 77.5 Å². The standard InChI is InChI=1S/C17H25NO4/c1-15(2)16(3)6-7-17(15,9-12(16)19)14(22)18-8-4-5-11(10-18)13(20)21/h11H,4-10H2,1-3H3,(H,20,21)/p-1/t11-,16-,17+/m1/s1. The molecule has 0 aromatic carbocycles. The summed E-state index contributed by atoms with van der Waals surface area (Å²) in [6.07, 6.45) is 3.04. The Hall–Kier alpha value is -1.39. The highest BCUT2D eigenvalue weighted by atomic mass is 16.4. The van der Waals surface area contributed by atoms with Crippen LogP contribution < -0.4 is 5.11 Å². The molecule has 0 spiro atoms. The van der Waals surface area contributed by atoms with Gasteiger partial charge < -0.3 is 14.8 Å². The zero-order valence-corrected chi connectivity index (χ0v) is 13.6. The summed E-state index contributed by atoms with van der Waals surface area (Å²) in [6, 6.07) is 0. The molecule has 2 saturated carbocycles. The molecule has 3 atom stereocenters. The van der Waals surface area contributed by atoms with Gasteiger partial charge in [0.25, 0.3) is 0 Å². The molecule has 122 valence electrons. The lowest BCUT2D eigenvalue weighted by Gasteiger charge is -2.43. The van der Waals surface area contributed by atoms with Crippen LogP contribution in [-0.4, -0.2) is 35.6 Å². The zero-order chi connectivity index (χ0) is 16.3. The smallest absolute Gasteiger partial charge is 0.229 e. The molecule has 1 aliphatic heterocycles. The first kappa shape index (κ1) is 15.5. The Bertz CT molecular complexity index is 555. The first-order chi connectivity index (χ1) is 10.2. The minimum absolute atomic E-state index is 0.0157. The van der Waals surface area contributed by atoms with Crippen molar-refractivity contribution < 1.29 is 19.5 Å². The third-order valence-corrected chi connectivity index (χ3v) is 7.16. The van der Waals surface area contributed by atoms with Gasteiger partial charge in [0.05, 0.1) is 5.41 Å². The molecule has 3 fully saturated rings. The normalized spacial score (nSPS) is 40.0. The average molecular weight is 306 g/mol. The fourth-order valence-electron chi connectivity index (χ4n) is 4.99. The number of nitrogens with zero attached hydrogens (tertiary/aromatic N) is 1. The van der Waals surface area contributed by atoms with E-state index in [2.05, 4.69) is 0 Å².